The standard InChI is InChI=1S/C23H24F3N3O2/c1-15-14-20(29-31-15)19(16-8-10-18(11-9-16)23(24,25)26)12-13-28-21(22(30)27-2)17-6-4-3-5-7-17/h3-11,14,19,21,28H,12-13H2,1-2H3,(H,27,30)/t19-,21+/m0/s1. The van der Waals surface area contributed by atoms with Gasteiger partial charge in [-0.25, -0.2) is 0 Å². The van der Waals surface area contributed by atoms with Gasteiger partial charge in [-0.05, 0) is 43.1 Å². The van der Waals surface area contributed by atoms with Gasteiger partial charge in [0.05, 0.1) is 11.3 Å². The van der Waals surface area contributed by atoms with Gasteiger partial charge >= 0.3 is 6.18 Å². The summed E-state index contributed by atoms with van der Waals surface area (Å²) in [6, 6.07) is 15.6. The number of halogens is 3. The Bertz CT molecular complexity index is 985. The minimum Gasteiger partial charge on any atom is -0.361 e. The molecule has 0 unspecified atom stereocenters. The normalized spacial score (nSPS) is 13.6. The maximum atomic E-state index is 12.9. The maximum absolute atomic E-state index is 12.9. The van der Waals surface area contributed by atoms with E-state index in [1.54, 1.807) is 20.0 Å². The van der Waals surface area contributed by atoms with Crippen LogP contribution in [0.25, 0.3) is 0 Å². The Kier molecular flexibility index (Phi) is 7.12. The zero-order valence-corrected chi connectivity index (χ0v) is 17.2. The van der Waals surface area contributed by atoms with E-state index in [9.17, 15) is 18.0 Å². The molecule has 31 heavy (non-hydrogen) atoms. The summed E-state index contributed by atoms with van der Waals surface area (Å²) in [6.07, 6.45) is -3.88. The highest BCUT2D eigenvalue weighted by atomic mass is 19.4. The molecular weight excluding hydrogens is 407 g/mol. The fourth-order valence-corrected chi connectivity index (χ4v) is 3.46. The number of amides is 1. The van der Waals surface area contributed by atoms with Crippen LogP contribution in [-0.4, -0.2) is 24.7 Å². The third kappa shape index (κ3) is 5.73. The molecule has 3 rings (SSSR count). The van der Waals surface area contributed by atoms with Gasteiger partial charge < -0.3 is 15.2 Å². The summed E-state index contributed by atoms with van der Waals surface area (Å²) in [5.74, 6) is 0.162. The van der Waals surface area contributed by atoms with Gasteiger partial charge in [0.1, 0.15) is 11.8 Å². The Morgan fingerprint density at radius 3 is 2.29 bits per heavy atom. The quantitative estimate of drug-likeness (QED) is 0.547. The Balaban J connectivity index is 1.78. The zero-order chi connectivity index (χ0) is 22.4. The number of alkyl halides is 3. The van der Waals surface area contributed by atoms with Crippen LogP contribution in [0.2, 0.25) is 0 Å². The Labute approximate surface area is 178 Å². The highest BCUT2D eigenvalue weighted by Gasteiger charge is 2.30. The molecule has 1 amide bonds. The van der Waals surface area contributed by atoms with E-state index in [0.717, 1.165) is 17.7 Å². The summed E-state index contributed by atoms with van der Waals surface area (Å²) in [7, 11) is 1.57. The maximum Gasteiger partial charge on any atom is 0.416 e. The number of benzene rings is 2. The number of nitrogens with zero attached hydrogens (tertiary/aromatic N) is 1. The van der Waals surface area contributed by atoms with Crippen molar-refractivity contribution in [2.24, 2.45) is 0 Å². The number of carbonyl (C=O) groups is 1. The van der Waals surface area contributed by atoms with Crippen molar-refractivity contribution < 1.29 is 22.5 Å². The first-order valence-electron chi connectivity index (χ1n) is 9.90. The van der Waals surface area contributed by atoms with Crippen LogP contribution in [0, 0.1) is 6.92 Å². The highest BCUT2D eigenvalue weighted by molar-refractivity contribution is 5.82. The summed E-state index contributed by atoms with van der Waals surface area (Å²) in [5, 5.41) is 9.97. The van der Waals surface area contributed by atoms with Crippen molar-refractivity contribution in [3.63, 3.8) is 0 Å². The summed E-state index contributed by atoms with van der Waals surface area (Å²) < 4.78 is 44.0. The second-order valence-electron chi connectivity index (χ2n) is 7.24. The van der Waals surface area contributed by atoms with Gasteiger partial charge in [0.2, 0.25) is 5.91 Å². The van der Waals surface area contributed by atoms with Gasteiger partial charge in [-0.2, -0.15) is 13.2 Å². The molecule has 0 aliphatic rings. The number of hydrogen-bond donors (Lipinski definition) is 2. The first-order chi connectivity index (χ1) is 14.8. The molecule has 1 heterocycles. The largest absolute Gasteiger partial charge is 0.416 e. The number of carbonyl (C=O) groups excluding carboxylic acids is 1. The number of nitrogens with one attached hydrogen (secondary N) is 2. The SMILES string of the molecule is CNC(=O)[C@H](NCC[C@@H](c1ccc(C(F)(F)F)cc1)c1cc(C)on1)c1ccccc1. The van der Waals surface area contributed by atoms with E-state index in [2.05, 4.69) is 15.8 Å². The summed E-state index contributed by atoms with van der Waals surface area (Å²) in [4.78, 5) is 12.4. The van der Waals surface area contributed by atoms with Crippen molar-refractivity contribution in [3.05, 3.63) is 88.8 Å². The Morgan fingerprint density at radius 2 is 1.74 bits per heavy atom. The zero-order valence-electron chi connectivity index (χ0n) is 17.2. The molecule has 3 aromatic rings. The van der Waals surface area contributed by atoms with Crippen LogP contribution >= 0.6 is 0 Å². The topological polar surface area (TPSA) is 67.2 Å². The summed E-state index contributed by atoms with van der Waals surface area (Å²) in [6.45, 7) is 2.19. The lowest BCUT2D eigenvalue weighted by Crippen LogP contribution is -2.36. The molecule has 2 N–H and O–H groups in total. The van der Waals surface area contributed by atoms with E-state index in [-0.39, 0.29) is 11.8 Å². The molecule has 164 valence electrons. The lowest BCUT2D eigenvalue weighted by atomic mass is 9.91. The van der Waals surface area contributed by atoms with E-state index in [4.69, 9.17) is 4.52 Å². The smallest absolute Gasteiger partial charge is 0.361 e. The second-order valence-corrected chi connectivity index (χ2v) is 7.24. The third-order valence-electron chi connectivity index (χ3n) is 5.07. The Morgan fingerprint density at radius 1 is 1.06 bits per heavy atom. The molecule has 0 aliphatic carbocycles. The van der Waals surface area contributed by atoms with Crippen LogP contribution < -0.4 is 10.6 Å². The number of aromatic nitrogens is 1. The van der Waals surface area contributed by atoms with Crippen LogP contribution in [0.5, 0.6) is 0 Å². The molecule has 0 aliphatic heterocycles. The monoisotopic (exact) mass is 431 g/mol. The third-order valence-corrected chi connectivity index (χ3v) is 5.07. The minimum atomic E-state index is -4.39. The van der Waals surface area contributed by atoms with Gasteiger partial charge in [0.25, 0.3) is 0 Å². The van der Waals surface area contributed by atoms with Crippen LogP contribution in [-0.2, 0) is 11.0 Å². The predicted molar refractivity (Wildman–Crippen MR) is 110 cm³/mol. The van der Waals surface area contributed by atoms with Crippen molar-refractivity contribution in [1.29, 1.82) is 0 Å². The van der Waals surface area contributed by atoms with Gasteiger partial charge in [-0.15, -0.1) is 0 Å². The summed E-state index contributed by atoms with van der Waals surface area (Å²) in [5.41, 5.74) is 1.45. The predicted octanol–water partition coefficient (Wildman–Crippen LogP) is 4.60. The molecule has 0 bridgehead atoms. The van der Waals surface area contributed by atoms with E-state index in [0.29, 0.717) is 30.0 Å². The van der Waals surface area contributed by atoms with E-state index in [1.165, 1.54) is 12.1 Å². The van der Waals surface area contributed by atoms with Crippen molar-refractivity contribution in [1.82, 2.24) is 15.8 Å². The van der Waals surface area contributed by atoms with Crippen molar-refractivity contribution >= 4 is 5.91 Å². The number of likely N-dealkylation sites (N-methyl/N-ethyl adjacent to an activating group) is 1. The minimum absolute atomic E-state index is 0.172. The molecule has 0 radical (unpaired) electrons. The van der Waals surface area contributed by atoms with Crippen LogP contribution in [0.15, 0.2) is 65.2 Å². The molecule has 0 fully saturated rings. The second kappa shape index (κ2) is 9.78. The van der Waals surface area contributed by atoms with E-state index >= 15 is 0 Å². The fraction of sp³-hybridized carbons (Fsp3) is 0.304. The molecule has 2 atom stereocenters. The Hall–Kier alpha value is -3.13. The van der Waals surface area contributed by atoms with Gasteiger partial charge in [-0.3, -0.25) is 4.79 Å². The highest BCUT2D eigenvalue weighted by Crippen LogP contribution is 2.33. The molecule has 0 saturated heterocycles. The van der Waals surface area contributed by atoms with Crippen LogP contribution in [0.1, 0.15) is 46.5 Å². The number of aryl methyl sites for hydroxylation is 1. The van der Waals surface area contributed by atoms with Gasteiger partial charge in [0.15, 0.2) is 0 Å². The first kappa shape index (κ1) is 22.6. The molecular formula is C23H24F3N3O2. The molecule has 8 heteroatoms. The van der Waals surface area contributed by atoms with Gasteiger partial charge in [-0.1, -0.05) is 47.6 Å². The molecule has 0 spiro atoms. The molecule has 2 aromatic carbocycles. The summed E-state index contributed by atoms with van der Waals surface area (Å²) >= 11 is 0. The lowest BCUT2D eigenvalue weighted by molar-refractivity contribution is -0.137. The number of rotatable bonds is 8. The van der Waals surface area contributed by atoms with Crippen LogP contribution in [0.4, 0.5) is 13.2 Å². The molecule has 5 nitrogen and oxygen atoms in total. The van der Waals surface area contributed by atoms with Crippen molar-refractivity contribution in [2.75, 3.05) is 13.6 Å². The average molecular weight is 431 g/mol. The number of hydrogen-bond acceptors (Lipinski definition) is 4. The van der Waals surface area contributed by atoms with E-state index < -0.39 is 17.8 Å². The van der Waals surface area contributed by atoms with Crippen molar-refractivity contribution in [3.8, 4) is 0 Å². The lowest BCUT2D eigenvalue weighted by Gasteiger charge is -2.20. The molecule has 0 saturated carbocycles. The van der Waals surface area contributed by atoms with E-state index in [1.807, 2.05) is 30.3 Å². The van der Waals surface area contributed by atoms with Crippen LogP contribution in [0.3, 0.4) is 0 Å². The molecule has 1 aromatic heterocycles. The van der Waals surface area contributed by atoms with Gasteiger partial charge in [0, 0.05) is 19.0 Å². The fourth-order valence-electron chi connectivity index (χ4n) is 3.46. The average Bonchev–Trinajstić information content (AvgIpc) is 3.19. The van der Waals surface area contributed by atoms with Crippen molar-refractivity contribution in [2.45, 2.75) is 31.5 Å². The first-order valence-corrected chi connectivity index (χ1v) is 9.90.